The molecular weight excluding hydrogens is 278 g/mol. The first kappa shape index (κ1) is 13.4. The van der Waals surface area contributed by atoms with Gasteiger partial charge in [-0.25, -0.2) is 4.98 Å². The number of H-pyrrole nitrogens is 1. The minimum atomic E-state index is 0.00301. The van der Waals surface area contributed by atoms with E-state index < -0.39 is 0 Å². The predicted octanol–water partition coefficient (Wildman–Crippen LogP) is 2.10. The van der Waals surface area contributed by atoms with Gasteiger partial charge >= 0.3 is 0 Å². The van der Waals surface area contributed by atoms with Gasteiger partial charge in [0.25, 0.3) is 5.91 Å². The van der Waals surface area contributed by atoms with E-state index in [9.17, 15) is 4.79 Å². The van der Waals surface area contributed by atoms with Gasteiger partial charge in [-0.2, -0.15) is 5.10 Å². The van der Waals surface area contributed by atoms with Crippen molar-refractivity contribution in [2.45, 2.75) is 37.5 Å². The first-order valence-corrected chi connectivity index (χ1v) is 7.94. The van der Waals surface area contributed by atoms with Crippen LogP contribution in [0.5, 0.6) is 0 Å². The van der Waals surface area contributed by atoms with Crippen LogP contribution < -0.4 is 0 Å². The van der Waals surface area contributed by atoms with Crippen molar-refractivity contribution in [2.75, 3.05) is 13.1 Å². The Labute approximate surface area is 129 Å². The fourth-order valence-electron chi connectivity index (χ4n) is 3.03. The van der Waals surface area contributed by atoms with Crippen LogP contribution in [0.3, 0.4) is 0 Å². The molecule has 3 heterocycles. The number of nitrogens with one attached hydrogen (secondary N) is 1. The van der Waals surface area contributed by atoms with E-state index in [4.69, 9.17) is 0 Å². The molecule has 0 bridgehead atoms. The smallest absolute Gasteiger partial charge is 0.272 e. The number of carbonyl (C=O) groups is 1. The van der Waals surface area contributed by atoms with Crippen LogP contribution in [-0.4, -0.2) is 44.1 Å². The Morgan fingerprint density at radius 2 is 2.14 bits per heavy atom. The van der Waals surface area contributed by atoms with Crippen molar-refractivity contribution in [3.8, 4) is 0 Å². The van der Waals surface area contributed by atoms with Gasteiger partial charge in [-0.1, -0.05) is 6.07 Å². The van der Waals surface area contributed by atoms with E-state index in [2.05, 4.69) is 20.2 Å². The summed E-state index contributed by atoms with van der Waals surface area (Å²) in [5.41, 5.74) is 0.511. The lowest BCUT2D eigenvalue weighted by molar-refractivity contribution is 0.0698. The third-order valence-corrected chi connectivity index (χ3v) is 4.44. The number of amides is 1. The normalized spacial score (nSPS) is 21.8. The Morgan fingerprint density at radius 1 is 1.23 bits per heavy atom. The molecule has 2 aromatic rings. The van der Waals surface area contributed by atoms with E-state index in [1.807, 2.05) is 17.0 Å². The van der Waals surface area contributed by atoms with E-state index >= 15 is 0 Å². The lowest BCUT2D eigenvalue weighted by atomic mass is 9.97. The molecule has 1 aliphatic heterocycles. The van der Waals surface area contributed by atoms with Crippen LogP contribution in [0.15, 0.2) is 24.4 Å². The van der Waals surface area contributed by atoms with Crippen molar-refractivity contribution in [1.29, 1.82) is 0 Å². The number of nitrogens with zero attached hydrogens (tertiary/aromatic N) is 4. The van der Waals surface area contributed by atoms with Gasteiger partial charge in [0.1, 0.15) is 11.5 Å². The van der Waals surface area contributed by atoms with Gasteiger partial charge in [-0.3, -0.25) is 14.9 Å². The molecule has 1 amide bonds. The molecule has 6 nitrogen and oxygen atoms in total. The number of rotatable bonds is 3. The monoisotopic (exact) mass is 297 g/mol. The molecule has 0 aromatic carbocycles. The molecule has 0 spiro atoms. The molecule has 114 valence electrons. The van der Waals surface area contributed by atoms with Gasteiger partial charge < -0.3 is 4.90 Å². The lowest BCUT2D eigenvalue weighted by Crippen LogP contribution is -2.39. The van der Waals surface area contributed by atoms with E-state index in [1.165, 1.54) is 12.8 Å². The number of piperidine rings is 1. The minimum Gasteiger partial charge on any atom is -0.337 e. The Balaban J connectivity index is 1.48. The van der Waals surface area contributed by atoms with E-state index in [-0.39, 0.29) is 11.8 Å². The summed E-state index contributed by atoms with van der Waals surface area (Å²) in [7, 11) is 0. The first-order chi connectivity index (χ1) is 10.8. The quantitative estimate of drug-likeness (QED) is 0.941. The lowest BCUT2D eigenvalue weighted by Gasteiger charge is -2.31. The average Bonchev–Trinajstić information content (AvgIpc) is 3.32. The highest BCUT2D eigenvalue weighted by Crippen LogP contribution is 2.38. The maximum atomic E-state index is 12.5. The molecule has 1 atom stereocenters. The predicted molar refractivity (Wildman–Crippen MR) is 80.5 cm³/mol. The second-order valence-electron chi connectivity index (χ2n) is 6.16. The molecule has 1 N–H and O–H groups in total. The van der Waals surface area contributed by atoms with Gasteiger partial charge in [0, 0.05) is 31.1 Å². The summed E-state index contributed by atoms with van der Waals surface area (Å²) in [6, 6.07) is 5.44. The zero-order chi connectivity index (χ0) is 14.9. The molecule has 22 heavy (non-hydrogen) atoms. The number of aromatic nitrogens is 4. The molecule has 0 radical (unpaired) electrons. The van der Waals surface area contributed by atoms with Gasteiger partial charge in [-0.15, -0.1) is 0 Å². The van der Waals surface area contributed by atoms with Crippen LogP contribution in [0.2, 0.25) is 0 Å². The maximum absolute atomic E-state index is 12.5. The Kier molecular flexibility index (Phi) is 3.36. The third kappa shape index (κ3) is 2.61. The summed E-state index contributed by atoms with van der Waals surface area (Å²) in [6.07, 6.45) is 6.10. The second kappa shape index (κ2) is 5.51. The molecule has 4 rings (SSSR count). The number of carbonyl (C=O) groups excluding carboxylic acids is 1. The molecule has 1 saturated carbocycles. The van der Waals surface area contributed by atoms with Crippen LogP contribution in [0.1, 0.15) is 59.7 Å². The van der Waals surface area contributed by atoms with E-state index in [0.29, 0.717) is 18.2 Å². The van der Waals surface area contributed by atoms with Crippen molar-refractivity contribution in [2.24, 2.45) is 0 Å². The third-order valence-electron chi connectivity index (χ3n) is 4.44. The molecule has 6 heteroatoms. The van der Waals surface area contributed by atoms with Gasteiger partial charge in [0.15, 0.2) is 5.82 Å². The minimum absolute atomic E-state index is 0.00301. The summed E-state index contributed by atoms with van der Waals surface area (Å²) >= 11 is 0. The van der Waals surface area contributed by atoms with E-state index in [0.717, 1.165) is 31.0 Å². The average molecular weight is 297 g/mol. The van der Waals surface area contributed by atoms with Crippen molar-refractivity contribution in [3.63, 3.8) is 0 Å². The maximum Gasteiger partial charge on any atom is 0.272 e. The molecule has 2 fully saturated rings. The first-order valence-electron chi connectivity index (χ1n) is 7.94. The fraction of sp³-hybridized carbons (Fsp3) is 0.500. The number of pyridine rings is 1. The van der Waals surface area contributed by atoms with Crippen molar-refractivity contribution >= 4 is 5.91 Å². The van der Waals surface area contributed by atoms with Gasteiger partial charge in [-0.05, 0) is 37.8 Å². The van der Waals surface area contributed by atoms with Crippen LogP contribution >= 0.6 is 0 Å². The topological polar surface area (TPSA) is 74.8 Å². The van der Waals surface area contributed by atoms with Crippen LogP contribution in [-0.2, 0) is 0 Å². The summed E-state index contributed by atoms with van der Waals surface area (Å²) in [5.74, 6) is 2.69. The highest BCUT2D eigenvalue weighted by atomic mass is 16.2. The zero-order valence-corrected chi connectivity index (χ0v) is 12.4. The van der Waals surface area contributed by atoms with Crippen molar-refractivity contribution in [3.05, 3.63) is 41.7 Å². The highest BCUT2D eigenvalue weighted by Gasteiger charge is 2.31. The Hall–Kier alpha value is -2.24. The van der Waals surface area contributed by atoms with Crippen LogP contribution in [0, 0.1) is 0 Å². The zero-order valence-electron chi connectivity index (χ0n) is 12.4. The summed E-state index contributed by atoms with van der Waals surface area (Å²) < 4.78 is 0. The summed E-state index contributed by atoms with van der Waals surface area (Å²) in [5, 5.41) is 7.44. The molecule has 1 unspecified atom stereocenters. The Morgan fingerprint density at radius 3 is 2.91 bits per heavy atom. The number of aromatic amines is 1. The molecule has 2 aliphatic rings. The molecular formula is C16H19N5O. The standard InChI is InChI=1S/C16H19N5O/c22-16(13-5-1-2-8-17-13)21-9-3-4-12(10-21)15-18-14(19-20-15)11-6-7-11/h1-2,5,8,11-12H,3-4,6-7,9-10H2,(H,18,19,20). The molecule has 1 saturated heterocycles. The SMILES string of the molecule is O=C(c1ccccn1)N1CCCC(c2n[nH]c(C3CC3)n2)C1. The Bertz CT molecular complexity index is 664. The largest absolute Gasteiger partial charge is 0.337 e. The van der Waals surface area contributed by atoms with E-state index in [1.54, 1.807) is 12.3 Å². The van der Waals surface area contributed by atoms with Gasteiger partial charge in [0.05, 0.1) is 0 Å². The number of hydrogen-bond donors (Lipinski definition) is 1. The molecule has 2 aromatic heterocycles. The second-order valence-corrected chi connectivity index (χ2v) is 6.16. The van der Waals surface area contributed by atoms with Gasteiger partial charge in [0.2, 0.25) is 0 Å². The highest BCUT2D eigenvalue weighted by molar-refractivity contribution is 5.92. The van der Waals surface area contributed by atoms with Crippen LogP contribution in [0.4, 0.5) is 0 Å². The number of hydrogen-bond acceptors (Lipinski definition) is 4. The number of likely N-dealkylation sites (tertiary alicyclic amines) is 1. The van der Waals surface area contributed by atoms with Crippen molar-refractivity contribution in [1.82, 2.24) is 25.1 Å². The summed E-state index contributed by atoms with van der Waals surface area (Å²) in [4.78, 5) is 23.2. The van der Waals surface area contributed by atoms with Crippen molar-refractivity contribution < 1.29 is 4.79 Å². The fourth-order valence-corrected chi connectivity index (χ4v) is 3.03. The molecule has 1 aliphatic carbocycles. The summed E-state index contributed by atoms with van der Waals surface area (Å²) in [6.45, 7) is 1.46. The van der Waals surface area contributed by atoms with Crippen LogP contribution in [0.25, 0.3) is 0 Å².